The van der Waals surface area contributed by atoms with E-state index in [0.29, 0.717) is 63.9 Å². The van der Waals surface area contributed by atoms with Crippen LogP contribution in [0.5, 0.6) is 5.75 Å². The molecule has 2 saturated heterocycles. The third kappa shape index (κ3) is 4.98. The summed E-state index contributed by atoms with van der Waals surface area (Å²) >= 11 is 0. The van der Waals surface area contributed by atoms with Crippen molar-refractivity contribution in [3.8, 4) is 5.75 Å². The van der Waals surface area contributed by atoms with Crippen LogP contribution in [-0.2, 0) is 41.1 Å². The summed E-state index contributed by atoms with van der Waals surface area (Å²) in [5.41, 5.74) is -0.858. The van der Waals surface area contributed by atoms with Crippen LogP contribution in [0.1, 0.15) is 82.2 Å². The summed E-state index contributed by atoms with van der Waals surface area (Å²) in [7, 11) is 4.78. The summed E-state index contributed by atoms with van der Waals surface area (Å²) in [6, 6.07) is 11.2. The highest BCUT2D eigenvalue weighted by molar-refractivity contribution is 5.97. The number of Topliss-reactive ketones (excluding diaryl/α,β-unsaturated/α-hetero) is 1. The molecule has 3 N–H and O–H groups in total. The van der Waals surface area contributed by atoms with Gasteiger partial charge in [0.15, 0.2) is 6.10 Å². The second-order valence-electron chi connectivity index (χ2n) is 18.3. The van der Waals surface area contributed by atoms with E-state index in [4.69, 9.17) is 14.2 Å². The summed E-state index contributed by atoms with van der Waals surface area (Å²) in [4.78, 5) is 53.1. The van der Waals surface area contributed by atoms with E-state index < -0.39 is 51.5 Å². The van der Waals surface area contributed by atoms with Crippen LogP contribution in [0.2, 0.25) is 0 Å². The zero-order chi connectivity index (χ0) is 41.2. The zero-order valence-corrected chi connectivity index (χ0v) is 34.9. The van der Waals surface area contributed by atoms with Gasteiger partial charge < -0.3 is 34.3 Å². The lowest BCUT2D eigenvalue weighted by Gasteiger charge is -2.63. The number of hydrogen-bond donors (Lipinski definition) is 3. The Morgan fingerprint density at radius 3 is 2.45 bits per heavy atom. The van der Waals surface area contributed by atoms with E-state index in [9.17, 15) is 19.8 Å². The molecule has 6 heterocycles. The molecule has 3 fully saturated rings. The van der Waals surface area contributed by atoms with Crippen LogP contribution in [0.25, 0.3) is 10.9 Å². The fourth-order valence-electron chi connectivity index (χ4n) is 13.5. The molecule has 3 aromatic rings. The fourth-order valence-corrected chi connectivity index (χ4v) is 13.5. The van der Waals surface area contributed by atoms with Crippen molar-refractivity contribution in [1.82, 2.24) is 14.8 Å². The van der Waals surface area contributed by atoms with Crippen LogP contribution < -0.4 is 9.64 Å². The minimum absolute atomic E-state index is 0.0201. The number of carbonyl (C=O) groups excluding carboxylic acids is 3. The Morgan fingerprint density at radius 1 is 0.983 bits per heavy atom. The number of aromatic nitrogens is 1. The third-order valence-electron chi connectivity index (χ3n) is 15.7. The van der Waals surface area contributed by atoms with Gasteiger partial charge in [0.25, 0.3) is 0 Å². The maximum Gasteiger partial charge on any atom is 0.344 e. The topological polar surface area (TPSA) is 145 Å². The second kappa shape index (κ2) is 13.4. The van der Waals surface area contributed by atoms with E-state index in [1.54, 1.807) is 14.0 Å². The van der Waals surface area contributed by atoms with Gasteiger partial charge in [0.1, 0.15) is 11.5 Å². The van der Waals surface area contributed by atoms with Crippen molar-refractivity contribution in [3.63, 3.8) is 0 Å². The van der Waals surface area contributed by atoms with Gasteiger partial charge in [-0.15, -0.1) is 0 Å². The van der Waals surface area contributed by atoms with Gasteiger partial charge in [-0.1, -0.05) is 44.2 Å². The molecular weight excluding hydrogens is 737 g/mol. The molecule has 1 spiro atoms. The predicted octanol–water partition coefficient (Wildman–Crippen LogP) is 4.41. The van der Waals surface area contributed by atoms with Crippen molar-refractivity contribution < 1.29 is 38.8 Å². The zero-order valence-electron chi connectivity index (χ0n) is 34.9. The average molecular weight is 795 g/mol. The lowest BCUT2D eigenvalue weighted by atomic mass is 9.47. The normalized spacial score (nSPS) is 37.5. The molecule has 9 rings (SSSR count). The summed E-state index contributed by atoms with van der Waals surface area (Å²) in [5, 5.41) is 26.3. The number of methoxy groups -OCH3 is 2. The maximum atomic E-state index is 15.2. The van der Waals surface area contributed by atoms with Gasteiger partial charge >= 0.3 is 11.9 Å². The van der Waals surface area contributed by atoms with Crippen molar-refractivity contribution >= 4 is 34.3 Å². The summed E-state index contributed by atoms with van der Waals surface area (Å²) in [6.07, 6.45) is 6.29. The van der Waals surface area contributed by atoms with Crippen LogP contribution >= 0.6 is 0 Å². The molecule has 5 aliphatic heterocycles. The Kier molecular flexibility index (Phi) is 9.06. The lowest BCUT2D eigenvalue weighted by Crippen LogP contribution is -2.81. The molecule has 1 aromatic heterocycles. The predicted molar refractivity (Wildman–Crippen MR) is 219 cm³/mol. The highest BCUT2D eigenvalue weighted by Crippen LogP contribution is 2.68. The largest absolute Gasteiger partial charge is 0.496 e. The average Bonchev–Trinajstić information content (AvgIpc) is 3.87. The number of likely N-dealkylation sites (N-methyl/N-ethyl adjacent to an activating group) is 1. The number of carbonyl (C=O) groups is 3. The molecule has 58 heavy (non-hydrogen) atoms. The second-order valence-corrected chi connectivity index (χ2v) is 18.3. The van der Waals surface area contributed by atoms with Crippen LogP contribution in [0.15, 0.2) is 48.6 Å². The molecular formula is C46H58N4O8. The SMILES string of the molecule is CC[C@]1(O)C[C@@H]2CN(CCc3c([nH]c4ccccc34)[C@@](C(C)=O)(c3cc4c(cc3OC)N(C)[C@H]3[C@@](O)(C(=O)OC)[C@H](OC(C)=O)[C@]5(CC)C=CCN6CC[C@]43[C@@H]65)C2)C1. The van der Waals surface area contributed by atoms with E-state index in [-0.39, 0.29) is 17.7 Å². The number of fused-ring (bicyclic) bond motifs is 6. The number of H-pyrrole nitrogens is 1. The van der Waals surface area contributed by atoms with Crippen molar-refractivity contribution in [2.24, 2.45) is 11.3 Å². The Morgan fingerprint density at radius 2 is 1.76 bits per heavy atom. The van der Waals surface area contributed by atoms with E-state index in [2.05, 4.69) is 45.1 Å². The van der Waals surface area contributed by atoms with Gasteiger partial charge in [-0.3, -0.25) is 19.4 Å². The molecule has 0 amide bonds. The first-order chi connectivity index (χ1) is 27.7. The number of ether oxygens (including phenoxy) is 3. The molecule has 10 atom stereocenters. The Balaban J connectivity index is 1.35. The molecule has 12 nitrogen and oxygen atoms in total. The number of nitrogens with one attached hydrogen (secondary N) is 1. The number of hydrogen-bond acceptors (Lipinski definition) is 11. The highest BCUT2D eigenvalue weighted by atomic mass is 16.6. The van der Waals surface area contributed by atoms with Crippen LogP contribution in [0, 0.1) is 11.3 Å². The molecule has 1 unspecified atom stereocenters. The molecule has 2 bridgehead atoms. The lowest BCUT2D eigenvalue weighted by molar-refractivity contribution is -0.228. The number of nitrogens with zero attached hydrogens (tertiary/aromatic N) is 3. The van der Waals surface area contributed by atoms with Crippen LogP contribution in [-0.4, -0.2) is 126 Å². The van der Waals surface area contributed by atoms with Gasteiger partial charge in [0.05, 0.1) is 31.3 Å². The van der Waals surface area contributed by atoms with E-state index in [0.717, 1.165) is 52.1 Å². The number of rotatable bonds is 7. The van der Waals surface area contributed by atoms with Crippen LogP contribution in [0.3, 0.4) is 0 Å². The van der Waals surface area contributed by atoms with Gasteiger partial charge in [-0.2, -0.15) is 0 Å². The molecule has 1 saturated carbocycles. The molecule has 310 valence electrons. The standard InChI is InChI=1S/C46H58N4O8/c1-8-42(54)23-29-24-45(27(3)51,37-31(15-19-49(25-29)26-42)30-13-10-11-14-34(30)47-37)33-21-32-35(22-36(33)56-6)48(5)39-44(32)17-20-50-18-12-16-43(9-2,38(44)50)40(58-28(4)52)46(39,55)41(53)57-7/h10-14,16,21-22,29,38-40,47,54-55H,8-9,15,17-20,23-26H2,1-7H3/t29-,38-,39+,40+,42-,43+,44+,45-,46-/m0/s1. The fraction of sp³-hybridized carbons (Fsp3) is 0.587. The first-order valence-corrected chi connectivity index (χ1v) is 21.1. The first kappa shape index (κ1) is 39.2. The van der Waals surface area contributed by atoms with Crippen molar-refractivity contribution in [2.75, 3.05) is 58.9 Å². The van der Waals surface area contributed by atoms with Gasteiger partial charge in [0, 0.05) is 90.9 Å². The van der Waals surface area contributed by atoms with Crippen LogP contribution in [0.4, 0.5) is 5.69 Å². The molecule has 0 radical (unpaired) electrons. The number of anilines is 1. The number of aromatic amines is 1. The molecule has 12 heteroatoms. The Hall–Kier alpha value is -4.23. The number of benzene rings is 2. The number of aliphatic hydroxyl groups is 2. The Bertz CT molecular complexity index is 2240. The van der Waals surface area contributed by atoms with E-state index in [1.807, 2.05) is 44.0 Å². The molecule has 6 aliphatic rings. The molecule has 2 aromatic carbocycles. The van der Waals surface area contributed by atoms with Gasteiger partial charge in [-0.25, -0.2) is 4.79 Å². The Labute approximate surface area is 340 Å². The monoisotopic (exact) mass is 794 g/mol. The highest BCUT2D eigenvalue weighted by Gasteiger charge is 2.80. The maximum absolute atomic E-state index is 15.2. The van der Waals surface area contributed by atoms with Gasteiger partial charge in [0.2, 0.25) is 5.60 Å². The summed E-state index contributed by atoms with van der Waals surface area (Å²) < 4.78 is 18.0. The summed E-state index contributed by atoms with van der Waals surface area (Å²) in [5.74, 6) is -0.973. The smallest absolute Gasteiger partial charge is 0.344 e. The first-order valence-electron chi connectivity index (χ1n) is 21.1. The van der Waals surface area contributed by atoms with Crippen molar-refractivity contribution in [3.05, 3.63) is 70.9 Å². The number of para-hydroxylation sites is 1. The number of piperidine rings is 1. The third-order valence-corrected chi connectivity index (χ3v) is 15.7. The van der Waals surface area contributed by atoms with Crippen molar-refractivity contribution in [1.29, 1.82) is 0 Å². The molecule has 1 aliphatic carbocycles. The number of esters is 2. The van der Waals surface area contributed by atoms with E-state index >= 15 is 4.79 Å². The minimum atomic E-state index is -2.28. The minimum Gasteiger partial charge on any atom is -0.496 e. The van der Waals surface area contributed by atoms with E-state index in [1.165, 1.54) is 14.0 Å². The number of ketones is 1. The quantitative estimate of drug-likeness (QED) is 0.231. The van der Waals surface area contributed by atoms with Gasteiger partial charge in [-0.05, 0) is 81.2 Å². The summed E-state index contributed by atoms with van der Waals surface area (Å²) in [6.45, 7) is 10.5. The van der Waals surface area contributed by atoms with Crippen molar-refractivity contribution in [2.45, 2.75) is 106 Å².